The summed E-state index contributed by atoms with van der Waals surface area (Å²) in [4.78, 5) is 38.2. The standard InChI is InChI=1S/C30H35F2N3O4/c1-6-18(2)26(29(38)39-30(3,4)5)34-16-15-19-7-10-21(11-8-19)35-25(36)14-13-23(28(35)33)27(37)22-12-9-20(31)17-24(22)32/h7-14,17-18,26,34H,6,15-16,33H2,1-5H3/t18-,26-/m0/s1. The number of nitrogens with one attached hydrogen (secondary N) is 1. The minimum atomic E-state index is -1.02. The van der Waals surface area contributed by atoms with E-state index in [1.165, 1.54) is 12.1 Å². The number of esters is 1. The lowest BCUT2D eigenvalue weighted by Crippen LogP contribution is -2.46. The lowest BCUT2D eigenvalue weighted by molar-refractivity contribution is -0.159. The number of nitrogen functional groups attached to an aromatic ring is 1. The normalized spacial score (nSPS) is 13.1. The molecule has 1 aromatic heterocycles. The number of hydrogen-bond donors (Lipinski definition) is 2. The minimum Gasteiger partial charge on any atom is -0.459 e. The first kappa shape index (κ1) is 29.7. The predicted molar refractivity (Wildman–Crippen MR) is 147 cm³/mol. The van der Waals surface area contributed by atoms with E-state index in [9.17, 15) is 23.2 Å². The number of ether oxygens (including phenoxy) is 1. The Kier molecular flexibility index (Phi) is 9.40. The molecule has 39 heavy (non-hydrogen) atoms. The lowest BCUT2D eigenvalue weighted by Gasteiger charge is -2.27. The molecule has 0 bridgehead atoms. The number of hydrogen-bond acceptors (Lipinski definition) is 6. The molecule has 0 saturated carbocycles. The zero-order chi connectivity index (χ0) is 28.9. The molecule has 0 aliphatic heterocycles. The summed E-state index contributed by atoms with van der Waals surface area (Å²) >= 11 is 0. The van der Waals surface area contributed by atoms with Crippen molar-refractivity contribution >= 4 is 17.6 Å². The number of nitrogens with two attached hydrogens (primary N) is 1. The van der Waals surface area contributed by atoms with Gasteiger partial charge in [-0.15, -0.1) is 0 Å². The van der Waals surface area contributed by atoms with Crippen LogP contribution in [0.5, 0.6) is 0 Å². The smallest absolute Gasteiger partial charge is 0.323 e. The van der Waals surface area contributed by atoms with Crippen molar-refractivity contribution in [1.29, 1.82) is 0 Å². The summed E-state index contributed by atoms with van der Waals surface area (Å²) in [6.45, 7) is 10.1. The summed E-state index contributed by atoms with van der Waals surface area (Å²) in [6, 6.07) is 11.6. The van der Waals surface area contributed by atoms with Crippen LogP contribution in [0, 0.1) is 17.6 Å². The molecular formula is C30H35F2N3O4. The van der Waals surface area contributed by atoms with Crippen molar-refractivity contribution in [2.24, 2.45) is 5.92 Å². The minimum absolute atomic E-state index is 0.0772. The summed E-state index contributed by atoms with van der Waals surface area (Å²) < 4.78 is 34.2. The Labute approximate surface area is 227 Å². The summed E-state index contributed by atoms with van der Waals surface area (Å²) in [5.41, 5.74) is 6.10. The first-order valence-electron chi connectivity index (χ1n) is 12.9. The van der Waals surface area contributed by atoms with Crippen LogP contribution in [-0.2, 0) is 16.0 Å². The molecule has 0 radical (unpaired) electrons. The van der Waals surface area contributed by atoms with Crippen LogP contribution in [0.3, 0.4) is 0 Å². The van der Waals surface area contributed by atoms with Gasteiger partial charge < -0.3 is 15.8 Å². The van der Waals surface area contributed by atoms with Gasteiger partial charge in [-0.3, -0.25) is 19.0 Å². The van der Waals surface area contributed by atoms with E-state index in [-0.39, 0.29) is 28.8 Å². The number of nitrogens with zero attached hydrogens (tertiary/aromatic N) is 1. The Bertz CT molecular complexity index is 1390. The number of pyridine rings is 1. The maximum Gasteiger partial charge on any atom is 0.323 e. The highest BCUT2D eigenvalue weighted by atomic mass is 19.1. The second-order valence-electron chi connectivity index (χ2n) is 10.5. The van der Waals surface area contributed by atoms with Crippen molar-refractivity contribution in [3.05, 3.63) is 93.3 Å². The summed E-state index contributed by atoms with van der Waals surface area (Å²) in [5.74, 6) is -2.93. The molecule has 2 aromatic carbocycles. The number of halogens is 2. The monoisotopic (exact) mass is 539 g/mol. The topological polar surface area (TPSA) is 103 Å². The van der Waals surface area contributed by atoms with E-state index in [4.69, 9.17) is 10.5 Å². The van der Waals surface area contributed by atoms with E-state index in [1.54, 1.807) is 12.1 Å². The van der Waals surface area contributed by atoms with E-state index >= 15 is 0 Å². The third-order valence-electron chi connectivity index (χ3n) is 6.40. The van der Waals surface area contributed by atoms with Crippen LogP contribution >= 0.6 is 0 Å². The maximum absolute atomic E-state index is 14.2. The number of carbonyl (C=O) groups is 2. The molecule has 0 aliphatic carbocycles. The highest BCUT2D eigenvalue weighted by Gasteiger charge is 2.28. The lowest BCUT2D eigenvalue weighted by atomic mass is 9.98. The van der Waals surface area contributed by atoms with Crippen molar-refractivity contribution < 1.29 is 23.1 Å². The van der Waals surface area contributed by atoms with Crippen molar-refractivity contribution in [2.45, 2.75) is 59.1 Å². The third-order valence-corrected chi connectivity index (χ3v) is 6.40. The molecule has 0 spiro atoms. The van der Waals surface area contributed by atoms with Gasteiger partial charge in [0.25, 0.3) is 5.56 Å². The molecule has 0 amide bonds. The van der Waals surface area contributed by atoms with Crippen molar-refractivity contribution in [3.8, 4) is 5.69 Å². The van der Waals surface area contributed by atoms with Crippen LogP contribution in [0.25, 0.3) is 5.69 Å². The highest BCUT2D eigenvalue weighted by molar-refractivity contribution is 6.11. The van der Waals surface area contributed by atoms with Crippen molar-refractivity contribution in [2.75, 3.05) is 12.3 Å². The zero-order valence-electron chi connectivity index (χ0n) is 22.9. The van der Waals surface area contributed by atoms with Gasteiger partial charge in [0.1, 0.15) is 29.1 Å². The van der Waals surface area contributed by atoms with Crippen LogP contribution in [-0.4, -0.2) is 34.5 Å². The number of anilines is 1. The Morgan fingerprint density at radius 2 is 1.67 bits per heavy atom. The second-order valence-corrected chi connectivity index (χ2v) is 10.5. The first-order valence-corrected chi connectivity index (χ1v) is 12.9. The zero-order valence-corrected chi connectivity index (χ0v) is 22.9. The van der Waals surface area contributed by atoms with E-state index < -0.39 is 34.6 Å². The molecule has 1 heterocycles. The Morgan fingerprint density at radius 1 is 1.03 bits per heavy atom. The fourth-order valence-electron chi connectivity index (χ4n) is 4.13. The molecule has 9 heteroatoms. The van der Waals surface area contributed by atoms with Gasteiger partial charge in [-0.1, -0.05) is 32.4 Å². The van der Waals surface area contributed by atoms with Crippen LogP contribution < -0.4 is 16.6 Å². The van der Waals surface area contributed by atoms with Crippen LogP contribution in [0.2, 0.25) is 0 Å². The number of rotatable bonds is 10. The number of carbonyl (C=O) groups excluding carboxylic acids is 2. The predicted octanol–water partition coefficient (Wildman–Crippen LogP) is 4.82. The average molecular weight is 540 g/mol. The Morgan fingerprint density at radius 3 is 2.26 bits per heavy atom. The molecule has 0 fully saturated rings. The maximum atomic E-state index is 14.2. The quantitative estimate of drug-likeness (QED) is 0.283. The number of aromatic nitrogens is 1. The van der Waals surface area contributed by atoms with E-state index in [0.717, 1.165) is 28.7 Å². The fourth-order valence-corrected chi connectivity index (χ4v) is 4.13. The van der Waals surface area contributed by atoms with E-state index in [0.29, 0.717) is 24.7 Å². The molecule has 2 atom stereocenters. The number of benzene rings is 2. The van der Waals surface area contributed by atoms with Gasteiger partial charge in [-0.05, 0) is 75.5 Å². The first-order chi connectivity index (χ1) is 18.3. The largest absolute Gasteiger partial charge is 0.459 e. The van der Waals surface area contributed by atoms with Gasteiger partial charge in [0.2, 0.25) is 0 Å². The van der Waals surface area contributed by atoms with Crippen LogP contribution in [0.1, 0.15) is 62.5 Å². The van der Waals surface area contributed by atoms with Crippen LogP contribution in [0.15, 0.2) is 59.4 Å². The second kappa shape index (κ2) is 12.3. The molecule has 3 aromatic rings. The Balaban J connectivity index is 1.76. The molecule has 7 nitrogen and oxygen atoms in total. The number of ketones is 1. The molecule has 0 aliphatic rings. The molecule has 3 rings (SSSR count). The molecular weight excluding hydrogens is 504 g/mol. The SMILES string of the molecule is CC[C@H](C)[C@H](NCCc1ccc(-n2c(N)c(C(=O)c3ccc(F)cc3F)ccc2=O)cc1)C(=O)OC(C)(C)C. The molecule has 0 unspecified atom stereocenters. The molecule has 208 valence electrons. The molecule has 0 saturated heterocycles. The van der Waals surface area contributed by atoms with Crippen molar-refractivity contribution in [1.82, 2.24) is 9.88 Å². The van der Waals surface area contributed by atoms with Gasteiger partial charge >= 0.3 is 5.97 Å². The van der Waals surface area contributed by atoms with E-state index in [2.05, 4.69) is 5.32 Å². The van der Waals surface area contributed by atoms with Gasteiger partial charge in [-0.25, -0.2) is 8.78 Å². The van der Waals surface area contributed by atoms with Crippen LogP contribution in [0.4, 0.5) is 14.6 Å². The third kappa shape index (κ3) is 7.38. The Hall–Kier alpha value is -3.85. The summed E-state index contributed by atoms with van der Waals surface area (Å²) in [6.07, 6.45) is 1.43. The van der Waals surface area contributed by atoms with Gasteiger partial charge in [-0.2, -0.15) is 0 Å². The van der Waals surface area contributed by atoms with Gasteiger partial charge in [0.15, 0.2) is 5.78 Å². The van der Waals surface area contributed by atoms with Crippen molar-refractivity contribution in [3.63, 3.8) is 0 Å². The average Bonchev–Trinajstić information content (AvgIpc) is 2.85. The van der Waals surface area contributed by atoms with E-state index in [1.807, 2.05) is 46.8 Å². The molecule has 3 N–H and O–H groups in total. The fraction of sp³-hybridized carbons (Fsp3) is 0.367. The van der Waals surface area contributed by atoms with Gasteiger partial charge in [0.05, 0.1) is 16.8 Å². The summed E-state index contributed by atoms with van der Waals surface area (Å²) in [7, 11) is 0. The highest BCUT2D eigenvalue weighted by Crippen LogP contribution is 2.21. The van der Waals surface area contributed by atoms with Gasteiger partial charge in [0, 0.05) is 12.1 Å². The summed E-state index contributed by atoms with van der Waals surface area (Å²) in [5, 5.41) is 3.31.